The molecule has 1 aliphatic heterocycles. The molecule has 1 saturated heterocycles. The molecule has 1 N–H and O–H groups in total. The molecule has 0 bridgehead atoms. The van der Waals surface area contributed by atoms with Crippen LogP contribution in [0.15, 0.2) is 23.1 Å². The molecule has 2 rings (SSSR count). The molecule has 0 radical (unpaired) electrons. The Morgan fingerprint density at radius 3 is 2.74 bits per heavy atom. The molecule has 1 aromatic rings. The number of nitrogens with one attached hydrogen (secondary N) is 1. The first kappa shape index (κ1) is 13.5. The first-order chi connectivity index (χ1) is 8.95. The lowest BCUT2D eigenvalue weighted by Crippen LogP contribution is -2.49. The lowest BCUT2D eigenvalue weighted by molar-refractivity contribution is -0.122. The maximum atomic E-state index is 12.4. The molecule has 1 heterocycles. The Balaban J connectivity index is 2.39. The number of hydrogen-bond donors (Lipinski definition) is 1. The number of piperazine rings is 1. The maximum Gasteiger partial charge on any atom is 0.243 e. The van der Waals surface area contributed by atoms with Gasteiger partial charge in [0, 0.05) is 13.1 Å². The number of rotatable bonds is 2. The van der Waals surface area contributed by atoms with E-state index in [1.165, 1.54) is 18.2 Å². The summed E-state index contributed by atoms with van der Waals surface area (Å²) < 4.78 is 26.0. The SMILES string of the molecule is Cc1cc(C#N)ccc1S(=O)(=O)N1CCNC(=O)C1. The molecule has 0 unspecified atom stereocenters. The normalized spacial score (nSPS) is 16.7. The number of nitriles is 1. The van der Waals surface area contributed by atoms with Gasteiger partial charge in [-0.1, -0.05) is 0 Å². The number of sulfonamides is 1. The molecule has 19 heavy (non-hydrogen) atoms. The molecule has 0 aliphatic carbocycles. The average Bonchev–Trinajstić information content (AvgIpc) is 2.38. The van der Waals surface area contributed by atoms with E-state index in [0.717, 1.165) is 4.31 Å². The van der Waals surface area contributed by atoms with Crippen molar-refractivity contribution in [3.05, 3.63) is 29.3 Å². The zero-order valence-corrected chi connectivity index (χ0v) is 11.2. The Bertz CT molecular complexity index is 661. The summed E-state index contributed by atoms with van der Waals surface area (Å²) in [5.41, 5.74) is 0.915. The predicted octanol–water partition coefficient (Wildman–Crippen LogP) is -0.0128. The second-order valence-corrected chi connectivity index (χ2v) is 6.19. The molecular formula is C12H13N3O3S. The van der Waals surface area contributed by atoms with Crippen LogP contribution in [0.5, 0.6) is 0 Å². The van der Waals surface area contributed by atoms with Crippen LogP contribution in [0.1, 0.15) is 11.1 Å². The van der Waals surface area contributed by atoms with E-state index < -0.39 is 10.0 Å². The van der Waals surface area contributed by atoms with Gasteiger partial charge in [-0.05, 0) is 30.7 Å². The second-order valence-electron chi connectivity index (χ2n) is 4.28. The highest BCUT2D eigenvalue weighted by Gasteiger charge is 2.30. The van der Waals surface area contributed by atoms with E-state index in [4.69, 9.17) is 5.26 Å². The van der Waals surface area contributed by atoms with Gasteiger partial charge in [-0.2, -0.15) is 9.57 Å². The summed E-state index contributed by atoms with van der Waals surface area (Å²) in [6.45, 7) is 2.04. The number of benzene rings is 1. The van der Waals surface area contributed by atoms with E-state index in [0.29, 0.717) is 17.7 Å². The van der Waals surface area contributed by atoms with Crippen LogP contribution in [0, 0.1) is 18.3 Å². The van der Waals surface area contributed by atoms with Gasteiger partial charge in [0.25, 0.3) is 0 Å². The minimum absolute atomic E-state index is 0.140. The smallest absolute Gasteiger partial charge is 0.243 e. The van der Waals surface area contributed by atoms with Gasteiger partial charge < -0.3 is 5.32 Å². The van der Waals surface area contributed by atoms with Crippen molar-refractivity contribution in [3.63, 3.8) is 0 Å². The summed E-state index contributed by atoms with van der Waals surface area (Å²) in [6, 6.07) is 6.36. The van der Waals surface area contributed by atoms with E-state index in [9.17, 15) is 13.2 Å². The Kier molecular flexibility index (Phi) is 3.55. The summed E-state index contributed by atoms with van der Waals surface area (Å²) in [5, 5.41) is 11.4. The van der Waals surface area contributed by atoms with Gasteiger partial charge in [0.2, 0.25) is 15.9 Å². The Labute approximate surface area is 111 Å². The van der Waals surface area contributed by atoms with E-state index in [-0.39, 0.29) is 23.9 Å². The molecule has 1 aromatic carbocycles. The fourth-order valence-corrected chi connectivity index (χ4v) is 3.57. The van der Waals surface area contributed by atoms with Crippen LogP contribution in [0.2, 0.25) is 0 Å². The first-order valence-corrected chi connectivity index (χ1v) is 7.17. The molecule has 1 aliphatic rings. The standard InChI is InChI=1S/C12H13N3O3S/c1-9-6-10(7-13)2-3-11(9)19(17,18)15-5-4-14-12(16)8-15/h2-3,6H,4-5,8H2,1H3,(H,14,16). The molecule has 1 amide bonds. The second kappa shape index (κ2) is 4.99. The molecule has 1 fully saturated rings. The number of carbonyl (C=O) groups is 1. The van der Waals surface area contributed by atoms with E-state index in [1.807, 2.05) is 6.07 Å². The highest BCUT2D eigenvalue weighted by atomic mass is 32.2. The maximum absolute atomic E-state index is 12.4. The Morgan fingerprint density at radius 2 is 2.16 bits per heavy atom. The van der Waals surface area contributed by atoms with Gasteiger partial charge in [0.05, 0.1) is 23.1 Å². The number of hydrogen-bond acceptors (Lipinski definition) is 4. The Hall–Kier alpha value is -1.91. The van der Waals surface area contributed by atoms with Gasteiger partial charge >= 0.3 is 0 Å². The van der Waals surface area contributed by atoms with Crippen molar-refractivity contribution < 1.29 is 13.2 Å². The monoisotopic (exact) mass is 279 g/mol. The molecular weight excluding hydrogens is 266 g/mol. The molecule has 100 valence electrons. The van der Waals surface area contributed by atoms with Crippen molar-refractivity contribution in [3.8, 4) is 6.07 Å². The van der Waals surface area contributed by atoms with Gasteiger partial charge in [-0.15, -0.1) is 0 Å². The minimum Gasteiger partial charge on any atom is -0.354 e. The molecule has 0 aromatic heterocycles. The summed E-state index contributed by atoms with van der Waals surface area (Å²) in [6.07, 6.45) is 0. The third-order valence-electron chi connectivity index (χ3n) is 2.93. The largest absolute Gasteiger partial charge is 0.354 e. The zero-order chi connectivity index (χ0) is 14.0. The summed E-state index contributed by atoms with van der Waals surface area (Å²) in [5.74, 6) is -0.305. The summed E-state index contributed by atoms with van der Waals surface area (Å²) in [4.78, 5) is 11.4. The van der Waals surface area contributed by atoms with Crippen LogP contribution >= 0.6 is 0 Å². The van der Waals surface area contributed by atoms with Crippen molar-refractivity contribution in [1.29, 1.82) is 5.26 Å². The lowest BCUT2D eigenvalue weighted by atomic mass is 10.2. The quantitative estimate of drug-likeness (QED) is 0.824. The van der Waals surface area contributed by atoms with Gasteiger partial charge in [0.1, 0.15) is 0 Å². The van der Waals surface area contributed by atoms with E-state index >= 15 is 0 Å². The molecule has 0 saturated carbocycles. The fourth-order valence-electron chi connectivity index (χ4n) is 1.97. The number of nitrogens with zero attached hydrogens (tertiary/aromatic N) is 2. The van der Waals surface area contributed by atoms with Crippen molar-refractivity contribution in [2.45, 2.75) is 11.8 Å². The van der Waals surface area contributed by atoms with Gasteiger partial charge in [0.15, 0.2) is 0 Å². The number of carbonyl (C=O) groups excluding carboxylic acids is 1. The van der Waals surface area contributed by atoms with E-state index in [1.54, 1.807) is 6.92 Å². The summed E-state index contributed by atoms with van der Waals surface area (Å²) in [7, 11) is -3.69. The van der Waals surface area contributed by atoms with Gasteiger partial charge in [-0.25, -0.2) is 8.42 Å². The molecule has 6 nitrogen and oxygen atoms in total. The van der Waals surface area contributed by atoms with Crippen molar-refractivity contribution in [1.82, 2.24) is 9.62 Å². The highest BCUT2D eigenvalue weighted by Crippen LogP contribution is 2.21. The zero-order valence-electron chi connectivity index (χ0n) is 10.4. The molecule has 0 spiro atoms. The Morgan fingerprint density at radius 1 is 1.42 bits per heavy atom. The highest BCUT2D eigenvalue weighted by molar-refractivity contribution is 7.89. The summed E-state index contributed by atoms with van der Waals surface area (Å²) >= 11 is 0. The average molecular weight is 279 g/mol. The first-order valence-electron chi connectivity index (χ1n) is 5.73. The van der Waals surface area contributed by atoms with Crippen molar-refractivity contribution in [2.24, 2.45) is 0 Å². The van der Waals surface area contributed by atoms with Crippen molar-refractivity contribution in [2.75, 3.05) is 19.6 Å². The minimum atomic E-state index is -3.69. The van der Waals surface area contributed by atoms with Crippen LogP contribution in [0.3, 0.4) is 0 Å². The van der Waals surface area contributed by atoms with Crippen LogP contribution in [-0.4, -0.2) is 38.3 Å². The topological polar surface area (TPSA) is 90.3 Å². The van der Waals surface area contributed by atoms with Crippen molar-refractivity contribution >= 4 is 15.9 Å². The van der Waals surface area contributed by atoms with Crippen LogP contribution in [0.4, 0.5) is 0 Å². The van der Waals surface area contributed by atoms with Crippen LogP contribution in [-0.2, 0) is 14.8 Å². The van der Waals surface area contributed by atoms with Gasteiger partial charge in [-0.3, -0.25) is 4.79 Å². The molecule has 7 heteroatoms. The van der Waals surface area contributed by atoms with Crippen LogP contribution in [0.25, 0.3) is 0 Å². The predicted molar refractivity (Wildman–Crippen MR) is 67.7 cm³/mol. The number of amides is 1. The third-order valence-corrected chi connectivity index (χ3v) is 4.93. The van der Waals surface area contributed by atoms with Crippen LogP contribution < -0.4 is 5.32 Å². The third kappa shape index (κ3) is 2.59. The number of aryl methyl sites for hydroxylation is 1. The molecule has 0 atom stereocenters. The van der Waals surface area contributed by atoms with E-state index in [2.05, 4.69) is 5.32 Å². The fraction of sp³-hybridized carbons (Fsp3) is 0.333. The lowest BCUT2D eigenvalue weighted by Gasteiger charge is -2.26.